The molecular weight excluding hydrogens is 282 g/mol. The average molecular weight is 297 g/mol. The molecule has 0 bridgehead atoms. The third-order valence-electron chi connectivity index (χ3n) is 3.59. The number of benzene rings is 2. The zero-order valence-electron chi connectivity index (χ0n) is 11.6. The van der Waals surface area contributed by atoms with Crippen molar-refractivity contribution in [2.75, 3.05) is 5.32 Å². The summed E-state index contributed by atoms with van der Waals surface area (Å²) < 4.78 is 1.27. The summed E-state index contributed by atoms with van der Waals surface area (Å²) >= 11 is 1.73. The Balaban J connectivity index is 1.85. The van der Waals surface area contributed by atoms with Gasteiger partial charge in [-0.15, -0.1) is 11.3 Å². The molecule has 0 unspecified atom stereocenters. The van der Waals surface area contributed by atoms with Crippen molar-refractivity contribution in [2.24, 2.45) is 0 Å². The summed E-state index contributed by atoms with van der Waals surface area (Å²) in [4.78, 5) is 11.2. The van der Waals surface area contributed by atoms with Gasteiger partial charge < -0.3 is 10.4 Å². The molecule has 2 aromatic carbocycles. The van der Waals surface area contributed by atoms with E-state index in [0.29, 0.717) is 12.1 Å². The fourth-order valence-electron chi connectivity index (χ4n) is 2.42. The zero-order chi connectivity index (χ0) is 14.8. The van der Waals surface area contributed by atoms with Crippen LogP contribution in [0.5, 0.6) is 0 Å². The second-order valence-corrected chi connectivity index (χ2v) is 5.81. The van der Waals surface area contributed by atoms with E-state index in [2.05, 4.69) is 22.8 Å². The van der Waals surface area contributed by atoms with Crippen LogP contribution in [0.25, 0.3) is 10.1 Å². The summed E-state index contributed by atoms with van der Waals surface area (Å²) in [5.74, 6) is -0.892. The summed E-state index contributed by atoms with van der Waals surface area (Å²) in [5.41, 5.74) is 3.21. The van der Waals surface area contributed by atoms with Crippen molar-refractivity contribution >= 4 is 33.1 Å². The van der Waals surface area contributed by atoms with E-state index in [1.54, 1.807) is 23.5 Å². The minimum atomic E-state index is -0.892. The maximum Gasteiger partial charge on any atom is 0.336 e. The van der Waals surface area contributed by atoms with E-state index in [-0.39, 0.29) is 0 Å². The van der Waals surface area contributed by atoms with Gasteiger partial charge in [0.15, 0.2) is 0 Å². The Morgan fingerprint density at radius 1 is 1.19 bits per heavy atom. The quantitative estimate of drug-likeness (QED) is 0.744. The van der Waals surface area contributed by atoms with Crippen LogP contribution in [0.3, 0.4) is 0 Å². The van der Waals surface area contributed by atoms with E-state index in [1.165, 1.54) is 15.6 Å². The van der Waals surface area contributed by atoms with Gasteiger partial charge in [-0.05, 0) is 47.0 Å². The molecule has 3 nitrogen and oxygen atoms in total. The number of anilines is 1. The van der Waals surface area contributed by atoms with E-state index in [0.717, 1.165) is 11.3 Å². The lowest BCUT2D eigenvalue weighted by molar-refractivity contribution is 0.0696. The van der Waals surface area contributed by atoms with Gasteiger partial charge in [0.05, 0.1) is 5.56 Å². The molecule has 0 saturated carbocycles. The molecule has 0 saturated heterocycles. The van der Waals surface area contributed by atoms with E-state index >= 15 is 0 Å². The molecule has 4 heteroatoms. The van der Waals surface area contributed by atoms with Crippen molar-refractivity contribution < 1.29 is 9.90 Å². The van der Waals surface area contributed by atoms with Crippen LogP contribution in [-0.4, -0.2) is 11.1 Å². The highest BCUT2D eigenvalue weighted by molar-refractivity contribution is 7.17. The number of hydrogen-bond donors (Lipinski definition) is 2. The molecule has 2 N–H and O–H groups in total. The topological polar surface area (TPSA) is 49.3 Å². The molecule has 0 aliphatic carbocycles. The molecule has 3 rings (SSSR count). The number of carbonyl (C=O) groups is 1. The van der Waals surface area contributed by atoms with Gasteiger partial charge in [-0.1, -0.05) is 24.3 Å². The molecular formula is C17H15NO2S. The summed E-state index contributed by atoms with van der Waals surface area (Å²) in [6.45, 7) is 2.52. The Morgan fingerprint density at radius 2 is 2.00 bits per heavy atom. The zero-order valence-corrected chi connectivity index (χ0v) is 12.4. The van der Waals surface area contributed by atoms with Crippen molar-refractivity contribution in [3.05, 3.63) is 64.5 Å². The largest absolute Gasteiger partial charge is 0.478 e. The predicted octanol–water partition coefficient (Wildman–Crippen LogP) is 4.52. The van der Waals surface area contributed by atoms with E-state index < -0.39 is 5.97 Å². The standard InChI is InChI=1S/C17H15NO2S/c1-11-13(17(19)20)6-4-7-15(11)18-9-12-10-21-16-8-3-2-5-14(12)16/h2-8,10,18H,9H2,1H3,(H,19,20). The van der Waals surface area contributed by atoms with Crippen LogP contribution in [0.4, 0.5) is 5.69 Å². The average Bonchev–Trinajstić information content (AvgIpc) is 2.89. The van der Waals surface area contributed by atoms with Crippen LogP contribution in [0.1, 0.15) is 21.5 Å². The Bertz CT molecular complexity index is 807. The lowest BCUT2D eigenvalue weighted by Crippen LogP contribution is -2.05. The minimum Gasteiger partial charge on any atom is -0.478 e. The molecule has 3 aromatic rings. The van der Waals surface area contributed by atoms with Crippen LogP contribution in [-0.2, 0) is 6.54 Å². The highest BCUT2D eigenvalue weighted by Gasteiger charge is 2.10. The Labute approximate surface area is 126 Å². The smallest absolute Gasteiger partial charge is 0.336 e. The number of nitrogens with one attached hydrogen (secondary N) is 1. The predicted molar refractivity (Wildman–Crippen MR) is 87.3 cm³/mol. The first kappa shape index (κ1) is 13.6. The van der Waals surface area contributed by atoms with Crippen molar-refractivity contribution in [3.8, 4) is 0 Å². The Morgan fingerprint density at radius 3 is 2.81 bits per heavy atom. The number of hydrogen-bond acceptors (Lipinski definition) is 3. The Hall–Kier alpha value is -2.33. The van der Waals surface area contributed by atoms with Crippen molar-refractivity contribution in [1.82, 2.24) is 0 Å². The summed E-state index contributed by atoms with van der Waals surface area (Å²) in [6.07, 6.45) is 0. The first-order chi connectivity index (χ1) is 10.2. The second-order valence-electron chi connectivity index (χ2n) is 4.89. The second kappa shape index (κ2) is 5.58. The molecule has 1 heterocycles. The Kier molecular flexibility index (Phi) is 3.62. The lowest BCUT2D eigenvalue weighted by Gasteiger charge is -2.11. The third kappa shape index (κ3) is 2.62. The normalized spacial score (nSPS) is 10.7. The van der Waals surface area contributed by atoms with E-state index in [9.17, 15) is 4.79 Å². The van der Waals surface area contributed by atoms with Gasteiger partial charge in [-0.2, -0.15) is 0 Å². The van der Waals surface area contributed by atoms with Crippen molar-refractivity contribution in [1.29, 1.82) is 0 Å². The van der Waals surface area contributed by atoms with Gasteiger partial charge in [0.25, 0.3) is 0 Å². The van der Waals surface area contributed by atoms with Gasteiger partial charge >= 0.3 is 5.97 Å². The van der Waals surface area contributed by atoms with Crippen LogP contribution in [0, 0.1) is 6.92 Å². The van der Waals surface area contributed by atoms with E-state index in [1.807, 2.05) is 25.1 Å². The minimum absolute atomic E-state index is 0.343. The molecule has 1 aromatic heterocycles. The summed E-state index contributed by atoms with van der Waals surface area (Å²) in [6, 6.07) is 13.6. The molecule has 106 valence electrons. The molecule has 0 aliphatic rings. The van der Waals surface area contributed by atoms with Gasteiger partial charge in [0, 0.05) is 16.9 Å². The SMILES string of the molecule is Cc1c(NCc2csc3ccccc23)cccc1C(=O)O. The summed E-state index contributed by atoms with van der Waals surface area (Å²) in [7, 11) is 0. The number of rotatable bonds is 4. The monoisotopic (exact) mass is 297 g/mol. The first-order valence-corrected chi connectivity index (χ1v) is 7.56. The van der Waals surface area contributed by atoms with Gasteiger partial charge in [0.1, 0.15) is 0 Å². The van der Waals surface area contributed by atoms with Gasteiger partial charge in [0.2, 0.25) is 0 Å². The lowest BCUT2D eigenvalue weighted by atomic mass is 10.1. The maximum absolute atomic E-state index is 11.2. The van der Waals surface area contributed by atoms with Crippen molar-refractivity contribution in [3.63, 3.8) is 0 Å². The molecule has 0 aliphatic heterocycles. The van der Waals surface area contributed by atoms with Crippen LogP contribution in [0.15, 0.2) is 47.8 Å². The van der Waals surface area contributed by atoms with Crippen molar-refractivity contribution in [2.45, 2.75) is 13.5 Å². The molecule has 0 amide bonds. The number of aromatic carboxylic acids is 1. The van der Waals surface area contributed by atoms with Gasteiger partial charge in [-0.3, -0.25) is 0 Å². The number of thiophene rings is 1. The highest BCUT2D eigenvalue weighted by Crippen LogP contribution is 2.27. The third-order valence-corrected chi connectivity index (χ3v) is 4.61. The number of carboxylic acid groups (broad SMARTS) is 1. The molecule has 0 fully saturated rings. The number of carboxylic acids is 1. The van der Waals surface area contributed by atoms with Crippen LogP contribution in [0.2, 0.25) is 0 Å². The molecule has 21 heavy (non-hydrogen) atoms. The fourth-order valence-corrected chi connectivity index (χ4v) is 3.38. The highest BCUT2D eigenvalue weighted by atomic mass is 32.1. The first-order valence-electron chi connectivity index (χ1n) is 6.68. The molecule has 0 spiro atoms. The maximum atomic E-state index is 11.2. The summed E-state index contributed by atoms with van der Waals surface area (Å²) in [5, 5.41) is 15.9. The fraction of sp³-hybridized carbons (Fsp3) is 0.118. The van der Waals surface area contributed by atoms with E-state index in [4.69, 9.17) is 5.11 Å². The van der Waals surface area contributed by atoms with Gasteiger partial charge in [-0.25, -0.2) is 4.79 Å². The molecule has 0 radical (unpaired) electrons. The number of fused-ring (bicyclic) bond motifs is 1. The van der Waals surface area contributed by atoms with Crippen LogP contribution < -0.4 is 5.32 Å². The molecule has 0 atom stereocenters. The van der Waals surface area contributed by atoms with Crippen LogP contribution >= 0.6 is 11.3 Å².